The minimum Gasteiger partial charge on any atom is -0.387 e. The lowest BCUT2D eigenvalue weighted by Gasteiger charge is -2.08. The van der Waals surface area contributed by atoms with Gasteiger partial charge in [0.15, 0.2) is 0 Å². The first-order valence-electron chi connectivity index (χ1n) is 5.77. The normalized spacial score (nSPS) is 18.0. The Bertz CT molecular complexity index is 406. The number of aryl methyl sites for hydroxylation is 1. The Balaban J connectivity index is 2.17. The minimum atomic E-state index is 0.504. The molecule has 2 nitrogen and oxygen atoms in total. The summed E-state index contributed by atoms with van der Waals surface area (Å²) in [5.74, 6) is 1.31. The fourth-order valence-electron chi connectivity index (χ4n) is 2.16. The highest BCUT2D eigenvalue weighted by molar-refractivity contribution is 9.10. The van der Waals surface area contributed by atoms with E-state index in [1.54, 1.807) is 0 Å². The summed E-state index contributed by atoms with van der Waals surface area (Å²) in [5, 5.41) is 0. The van der Waals surface area contributed by atoms with Crippen LogP contribution in [-0.4, -0.2) is 5.84 Å². The molecule has 0 saturated heterocycles. The second-order valence-corrected chi connectivity index (χ2v) is 5.31. The SMILES string of the molecule is Cc1cc(N=C(N)C2CCCC2)ccc1Br. The number of aliphatic imine (C=N–C) groups is 1. The summed E-state index contributed by atoms with van der Waals surface area (Å²) in [4.78, 5) is 4.52. The van der Waals surface area contributed by atoms with Gasteiger partial charge in [-0.15, -0.1) is 0 Å². The van der Waals surface area contributed by atoms with E-state index in [0.29, 0.717) is 5.92 Å². The molecule has 1 aliphatic rings. The van der Waals surface area contributed by atoms with Crippen molar-refractivity contribution in [1.82, 2.24) is 0 Å². The van der Waals surface area contributed by atoms with Crippen LogP contribution in [0.4, 0.5) is 5.69 Å². The number of nitrogens with zero attached hydrogens (tertiary/aromatic N) is 1. The van der Waals surface area contributed by atoms with Gasteiger partial charge in [-0.1, -0.05) is 28.8 Å². The standard InChI is InChI=1S/C13H17BrN2/c1-9-8-11(6-7-12(9)14)16-13(15)10-4-2-3-5-10/h6-8,10H,2-5H2,1H3,(H2,15,16). The fourth-order valence-corrected chi connectivity index (χ4v) is 2.41. The average molecular weight is 281 g/mol. The Morgan fingerprint density at radius 2 is 2.06 bits per heavy atom. The zero-order valence-corrected chi connectivity index (χ0v) is 11.1. The second kappa shape index (κ2) is 5.00. The van der Waals surface area contributed by atoms with Crippen molar-refractivity contribution in [1.29, 1.82) is 0 Å². The molecule has 1 saturated carbocycles. The van der Waals surface area contributed by atoms with Crippen LogP contribution in [0.1, 0.15) is 31.2 Å². The highest BCUT2D eigenvalue weighted by Crippen LogP contribution is 2.27. The van der Waals surface area contributed by atoms with Gasteiger partial charge in [-0.3, -0.25) is 0 Å². The van der Waals surface area contributed by atoms with Crippen LogP contribution in [0.5, 0.6) is 0 Å². The van der Waals surface area contributed by atoms with E-state index >= 15 is 0 Å². The molecule has 2 N–H and O–H groups in total. The van der Waals surface area contributed by atoms with E-state index in [1.807, 2.05) is 12.1 Å². The molecule has 0 spiro atoms. The first kappa shape index (κ1) is 11.6. The van der Waals surface area contributed by atoms with Gasteiger partial charge >= 0.3 is 0 Å². The van der Waals surface area contributed by atoms with Crippen molar-refractivity contribution in [3.8, 4) is 0 Å². The summed E-state index contributed by atoms with van der Waals surface area (Å²) < 4.78 is 1.12. The lowest BCUT2D eigenvalue weighted by atomic mass is 10.1. The van der Waals surface area contributed by atoms with Crippen LogP contribution >= 0.6 is 15.9 Å². The van der Waals surface area contributed by atoms with Crippen molar-refractivity contribution < 1.29 is 0 Å². The number of amidine groups is 1. The molecule has 0 unspecified atom stereocenters. The van der Waals surface area contributed by atoms with Gasteiger partial charge in [0, 0.05) is 10.4 Å². The molecule has 1 aromatic rings. The van der Waals surface area contributed by atoms with Crippen molar-refractivity contribution in [2.24, 2.45) is 16.6 Å². The van der Waals surface area contributed by atoms with Crippen LogP contribution in [-0.2, 0) is 0 Å². The molecule has 0 amide bonds. The van der Waals surface area contributed by atoms with Gasteiger partial charge < -0.3 is 5.73 Å². The Hall–Kier alpha value is -0.830. The number of benzene rings is 1. The predicted octanol–water partition coefficient (Wildman–Crippen LogP) is 3.94. The molecule has 0 atom stereocenters. The van der Waals surface area contributed by atoms with E-state index < -0.39 is 0 Å². The number of rotatable bonds is 2. The molecule has 1 fully saturated rings. The first-order chi connectivity index (χ1) is 7.66. The molecule has 2 rings (SSSR count). The van der Waals surface area contributed by atoms with Crippen LogP contribution in [0, 0.1) is 12.8 Å². The number of hydrogen-bond donors (Lipinski definition) is 1. The van der Waals surface area contributed by atoms with Crippen LogP contribution in [0.25, 0.3) is 0 Å². The third-order valence-corrected chi connectivity index (χ3v) is 4.06. The van der Waals surface area contributed by atoms with E-state index in [2.05, 4.69) is 33.9 Å². The van der Waals surface area contributed by atoms with Gasteiger partial charge in [0.1, 0.15) is 5.84 Å². The van der Waals surface area contributed by atoms with Crippen LogP contribution in [0.3, 0.4) is 0 Å². The first-order valence-corrected chi connectivity index (χ1v) is 6.56. The Labute approximate surface area is 105 Å². The maximum atomic E-state index is 6.04. The fraction of sp³-hybridized carbons (Fsp3) is 0.462. The average Bonchev–Trinajstić information content (AvgIpc) is 2.77. The van der Waals surface area contributed by atoms with E-state index in [-0.39, 0.29) is 0 Å². The quantitative estimate of drug-likeness (QED) is 0.647. The van der Waals surface area contributed by atoms with Gasteiger partial charge in [0.25, 0.3) is 0 Å². The van der Waals surface area contributed by atoms with E-state index in [4.69, 9.17) is 5.73 Å². The zero-order valence-electron chi connectivity index (χ0n) is 9.54. The van der Waals surface area contributed by atoms with Crippen molar-refractivity contribution in [2.75, 3.05) is 0 Å². The van der Waals surface area contributed by atoms with Gasteiger partial charge in [0.2, 0.25) is 0 Å². The van der Waals surface area contributed by atoms with E-state index in [0.717, 1.165) is 16.0 Å². The summed E-state index contributed by atoms with van der Waals surface area (Å²) in [6, 6.07) is 6.08. The molecule has 16 heavy (non-hydrogen) atoms. The van der Waals surface area contributed by atoms with Gasteiger partial charge in [0.05, 0.1) is 5.69 Å². The van der Waals surface area contributed by atoms with Crippen molar-refractivity contribution in [2.45, 2.75) is 32.6 Å². The van der Waals surface area contributed by atoms with Crippen LogP contribution < -0.4 is 5.73 Å². The summed E-state index contributed by atoms with van der Waals surface area (Å²) in [6.07, 6.45) is 4.98. The highest BCUT2D eigenvalue weighted by atomic mass is 79.9. The monoisotopic (exact) mass is 280 g/mol. The van der Waals surface area contributed by atoms with Crippen molar-refractivity contribution >= 4 is 27.5 Å². The number of hydrogen-bond acceptors (Lipinski definition) is 1. The molecule has 1 aliphatic carbocycles. The highest BCUT2D eigenvalue weighted by Gasteiger charge is 2.18. The minimum absolute atomic E-state index is 0.504. The molecule has 0 aliphatic heterocycles. The maximum absolute atomic E-state index is 6.04. The summed E-state index contributed by atoms with van der Waals surface area (Å²) in [5.41, 5.74) is 8.20. The second-order valence-electron chi connectivity index (χ2n) is 4.45. The molecule has 1 aromatic carbocycles. The molecule has 0 aromatic heterocycles. The van der Waals surface area contributed by atoms with Crippen molar-refractivity contribution in [3.63, 3.8) is 0 Å². The number of nitrogens with two attached hydrogens (primary N) is 1. The van der Waals surface area contributed by atoms with Crippen LogP contribution in [0.2, 0.25) is 0 Å². The lowest BCUT2D eigenvalue weighted by molar-refractivity contribution is 0.722. The Kier molecular flexibility index (Phi) is 3.64. The summed E-state index contributed by atoms with van der Waals surface area (Å²) in [7, 11) is 0. The maximum Gasteiger partial charge on any atom is 0.103 e. The molecule has 0 heterocycles. The van der Waals surface area contributed by atoms with Gasteiger partial charge in [-0.05, 0) is 43.5 Å². The summed E-state index contributed by atoms with van der Waals surface area (Å²) in [6.45, 7) is 2.06. The van der Waals surface area contributed by atoms with Gasteiger partial charge in [-0.25, -0.2) is 4.99 Å². The molecule has 0 radical (unpaired) electrons. The zero-order chi connectivity index (χ0) is 11.5. The summed E-state index contributed by atoms with van der Waals surface area (Å²) >= 11 is 3.48. The Morgan fingerprint density at radius 3 is 2.69 bits per heavy atom. The Morgan fingerprint density at radius 1 is 1.38 bits per heavy atom. The number of halogens is 1. The lowest BCUT2D eigenvalue weighted by Crippen LogP contribution is -2.20. The molecule has 3 heteroatoms. The molecular weight excluding hydrogens is 264 g/mol. The van der Waals surface area contributed by atoms with Gasteiger partial charge in [-0.2, -0.15) is 0 Å². The predicted molar refractivity (Wildman–Crippen MR) is 72.1 cm³/mol. The van der Waals surface area contributed by atoms with Crippen LogP contribution in [0.15, 0.2) is 27.7 Å². The molecular formula is C13H17BrN2. The van der Waals surface area contributed by atoms with E-state index in [1.165, 1.54) is 31.2 Å². The van der Waals surface area contributed by atoms with Crippen molar-refractivity contribution in [3.05, 3.63) is 28.2 Å². The molecule has 86 valence electrons. The molecule has 0 bridgehead atoms. The van der Waals surface area contributed by atoms with E-state index in [9.17, 15) is 0 Å². The third kappa shape index (κ3) is 2.64. The topological polar surface area (TPSA) is 38.4 Å². The largest absolute Gasteiger partial charge is 0.387 e. The smallest absolute Gasteiger partial charge is 0.103 e. The third-order valence-electron chi connectivity index (χ3n) is 3.17.